The Hall–Kier alpha value is -2.37. The van der Waals surface area contributed by atoms with E-state index in [1.807, 2.05) is 17.0 Å². The lowest BCUT2D eigenvalue weighted by Crippen LogP contribution is -2.49. The highest BCUT2D eigenvalue weighted by Crippen LogP contribution is 2.47. The number of carbonyl (C=O) groups is 1. The fourth-order valence-electron chi connectivity index (χ4n) is 3.45. The molecule has 6 nitrogen and oxygen atoms in total. The largest absolute Gasteiger partial charge is 0.466 e. The van der Waals surface area contributed by atoms with E-state index < -0.39 is 0 Å². The molecule has 3 heterocycles. The SMILES string of the molecule is C[C@@H]1C[C@H]1c1ccc(CCC(=O)N2CCN(c3ncccn3)CC2)o1. The Balaban J connectivity index is 1.24. The molecule has 0 radical (unpaired) electrons. The standard InChI is InChI=1S/C19H24N4O2/c1-14-13-16(14)17-5-3-15(25-17)4-6-18(24)22-9-11-23(12-10-22)19-20-7-2-8-21-19/h2-3,5,7-8,14,16H,4,6,9-13H2,1H3/t14-,16-/m1/s1. The zero-order valence-corrected chi connectivity index (χ0v) is 14.6. The molecule has 0 aromatic carbocycles. The number of aromatic nitrogens is 2. The highest BCUT2D eigenvalue weighted by Gasteiger charge is 2.36. The Labute approximate surface area is 147 Å². The molecule has 1 aliphatic carbocycles. The van der Waals surface area contributed by atoms with E-state index in [2.05, 4.69) is 27.9 Å². The summed E-state index contributed by atoms with van der Waals surface area (Å²) < 4.78 is 5.90. The molecule has 1 saturated carbocycles. The molecule has 2 atom stereocenters. The summed E-state index contributed by atoms with van der Waals surface area (Å²) in [7, 11) is 0. The van der Waals surface area contributed by atoms with Crippen LogP contribution in [0, 0.1) is 5.92 Å². The molecule has 0 N–H and O–H groups in total. The number of piperazine rings is 1. The summed E-state index contributed by atoms with van der Waals surface area (Å²) in [6, 6.07) is 5.91. The van der Waals surface area contributed by atoms with Crippen LogP contribution < -0.4 is 4.90 Å². The smallest absolute Gasteiger partial charge is 0.225 e. The summed E-state index contributed by atoms with van der Waals surface area (Å²) in [6.45, 7) is 5.25. The maximum Gasteiger partial charge on any atom is 0.225 e. The average molecular weight is 340 g/mol. The Morgan fingerprint density at radius 2 is 1.92 bits per heavy atom. The number of rotatable bonds is 5. The summed E-state index contributed by atoms with van der Waals surface area (Å²) in [5.74, 6) is 4.30. The van der Waals surface area contributed by atoms with Crippen LogP contribution in [-0.2, 0) is 11.2 Å². The van der Waals surface area contributed by atoms with Crippen LogP contribution in [0.15, 0.2) is 35.0 Å². The topological polar surface area (TPSA) is 62.5 Å². The van der Waals surface area contributed by atoms with Gasteiger partial charge in [0.15, 0.2) is 0 Å². The van der Waals surface area contributed by atoms with Crippen molar-refractivity contribution in [3.8, 4) is 0 Å². The van der Waals surface area contributed by atoms with Gasteiger partial charge in [0.05, 0.1) is 0 Å². The van der Waals surface area contributed by atoms with Crippen molar-refractivity contribution < 1.29 is 9.21 Å². The van der Waals surface area contributed by atoms with E-state index in [1.165, 1.54) is 6.42 Å². The van der Waals surface area contributed by atoms with Gasteiger partial charge in [-0.1, -0.05) is 6.92 Å². The number of amides is 1. The van der Waals surface area contributed by atoms with E-state index >= 15 is 0 Å². The number of anilines is 1. The zero-order chi connectivity index (χ0) is 17.2. The minimum Gasteiger partial charge on any atom is -0.466 e. The molecule has 6 heteroatoms. The van der Waals surface area contributed by atoms with Crippen molar-refractivity contribution >= 4 is 11.9 Å². The van der Waals surface area contributed by atoms with Crippen LogP contribution in [0.5, 0.6) is 0 Å². The fourth-order valence-corrected chi connectivity index (χ4v) is 3.45. The Morgan fingerprint density at radius 1 is 1.20 bits per heavy atom. The van der Waals surface area contributed by atoms with Gasteiger partial charge in [-0.05, 0) is 30.5 Å². The minimum atomic E-state index is 0.200. The second-order valence-electron chi connectivity index (χ2n) is 7.04. The quantitative estimate of drug-likeness (QED) is 0.837. The third-order valence-electron chi connectivity index (χ3n) is 5.21. The fraction of sp³-hybridized carbons (Fsp3) is 0.526. The van der Waals surface area contributed by atoms with Gasteiger partial charge in [0.1, 0.15) is 11.5 Å². The summed E-state index contributed by atoms with van der Waals surface area (Å²) in [4.78, 5) is 25.1. The molecule has 2 fully saturated rings. The van der Waals surface area contributed by atoms with Crippen LogP contribution in [0.4, 0.5) is 5.95 Å². The molecule has 2 aliphatic rings. The first-order valence-electron chi connectivity index (χ1n) is 9.09. The monoisotopic (exact) mass is 340 g/mol. The van der Waals surface area contributed by atoms with Gasteiger partial charge in [-0.25, -0.2) is 9.97 Å². The number of furan rings is 1. The minimum absolute atomic E-state index is 0.200. The number of carbonyl (C=O) groups excluding carboxylic acids is 1. The molecule has 1 amide bonds. The van der Waals surface area contributed by atoms with Crippen molar-refractivity contribution in [3.63, 3.8) is 0 Å². The van der Waals surface area contributed by atoms with Gasteiger partial charge in [0, 0.05) is 57.3 Å². The maximum absolute atomic E-state index is 12.5. The lowest BCUT2D eigenvalue weighted by Gasteiger charge is -2.34. The predicted molar refractivity (Wildman–Crippen MR) is 94.4 cm³/mol. The Morgan fingerprint density at radius 3 is 2.60 bits per heavy atom. The van der Waals surface area contributed by atoms with Crippen molar-refractivity contribution in [2.24, 2.45) is 5.92 Å². The van der Waals surface area contributed by atoms with Gasteiger partial charge in [-0.2, -0.15) is 0 Å². The second-order valence-corrected chi connectivity index (χ2v) is 7.04. The van der Waals surface area contributed by atoms with Crippen LogP contribution in [-0.4, -0.2) is 47.0 Å². The van der Waals surface area contributed by atoms with Gasteiger partial charge >= 0.3 is 0 Å². The van der Waals surface area contributed by atoms with E-state index in [9.17, 15) is 4.79 Å². The summed E-state index contributed by atoms with van der Waals surface area (Å²) in [6.07, 6.45) is 5.91. The molecule has 2 aromatic heterocycles. The first-order chi connectivity index (χ1) is 12.2. The molecule has 1 saturated heterocycles. The molecule has 2 aromatic rings. The Bertz CT molecular complexity index is 722. The first kappa shape index (κ1) is 16.1. The van der Waals surface area contributed by atoms with Crippen molar-refractivity contribution in [2.75, 3.05) is 31.1 Å². The van der Waals surface area contributed by atoms with E-state index in [4.69, 9.17) is 4.42 Å². The molecule has 0 unspecified atom stereocenters. The molecular formula is C19H24N4O2. The number of hydrogen-bond donors (Lipinski definition) is 0. The molecule has 25 heavy (non-hydrogen) atoms. The average Bonchev–Trinajstić information content (AvgIpc) is 3.20. The Kier molecular flexibility index (Phi) is 4.42. The van der Waals surface area contributed by atoms with E-state index in [1.54, 1.807) is 12.4 Å². The van der Waals surface area contributed by atoms with Crippen molar-refractivity contribution in [1.82, 2.24) is 14.9 Å². The normalized spacial score (nSPS) is 22.9. The number of nitrogens with zero attached hydrogens (tertiary/aromatic N) is 4. The molecule has 132 valence electrons. The predicted octanol–water partition coefficient (Wildman–Crippen LogP) is 2.47. The van der Waals surface area contributed by atoms with E-state index in [0.29, 0.717) is 18.8 Å². The highest BCUT2D eigenvalue weighted by atomic mass is 16.3. The maximum atomic E-state index is 12.5. The van der Waals surface area contributed by atoms with Crippen molar-refractivity contribution in [2.45, 2.75) is 32.1 Å². The molecule has 4 rings (SSSR count). The zero-order valence-electron chi connectivity index (χ0n) is 14.6. The summed E-state index contributed by atoms with van der Waals surface area (Å²) in [5.41, 5.74) is 0. The lowest BCUT2D eigenvalue weighted by molar-refractivity contribution is -0.131. The van der Waals surface area contributed by atoms with Crippen molar-refractivity contribution in [1.29, 1.82) is 0 Å². The van der Waals surface area contributed by atoms with Crippen LogP contribution in [0.2, 0.25) is 0 Å². The van der Waals surface area contributed by atoms with Crippen LogP contribution >= 0.6 is 0 Å². The third kappa shape index (κ3) is 3.67. The van der Waals surface area contributed by atoms with Crippen LogP contribution in [0.3, 0.4) is 0 Å². The lowest BCUT2D eigenvalue weighted by atomic mass is 10.2. The van der Waals surface area contributed by atoms with E-state index in [0.717, 1.165) is 49.6 Å². The van der Waals surface area contributed by atoms with Gasteiger partial charge in [-0.15, -0.1) is 0 Å². The molecule has 1 aliphatic heterocycles. The van der Waals surface area contributed by atoms with Gasteiger partial charge in [0.2, 0.25) is 11.9 Å². The van der Waals surface area contributed by atoms with Gasteiger partial charge in [0.25, 0.3) is 0 Å². The van der Waals surface area contributed by atoms with Crippen LogP contribution in [0.25, 0.3) is 0 Å². The molecule has 0 bridgehead atoms. The van der Waals surface area contributed by atoms with E-state index in [-0.39, 0.29) is 5.91 Å². The summed E-state index contributed by atoms with van der Waals surface area (Å²) in [5, 5.41) is 0. The van der Waals surface area contributed by atoms with Gasteiger partial charge < -0.3 is 14.2 Å². The second kappa shape index (κ2) is 6.86. The molecule has 0 spiro atoms. The molecular weight excluding hydrogens is 316 g/mol. The van der Waals surface area contributed by atoms with Crippen molar-refractivity contribution in [3.05, 3.63) is 42.1 Å². The van der Waals surface area contributed by atoms with Gasteiger partial charge in [-0.3, -0.25) is 4.79 Å². The highest BCUT2D eigenvalue weighted by molar-refractivity contribution is 5.76. The first-order valence-corrected chi connectivity index (χ1v) is 9.09. The number of aryl methyl sites for hydroxylation is 1. The number of hydrogen-bond acceptors (Lipinski definition) is 5. The summed E-state index contributed by atoms with van der Waals surface area (Å²) >= 11 is 0. The third-order valence-corrected chi connectivity index (χ3v) is 5.21. The van der Waals surface area contributed by atoms with Crippen LogP contribution in [0.1, 0.15) is 37.2 Å².